The Morgan fingerprint density at radius 1 is 0.816 bits per heavy atom. The van der Waals surface area contributed by atoms with Crippen LogP contribution in [-0.4, -0.2) is 47.0 Å². The largest absolute Gasteiger partial charge is 0.339 e. The maximum atomic E-state index is 13.3. The minimum absolute atomic E-state index is 0.0504. The number of rotatable bonds is 8. The predicted molar refractivity (Wildman–Crippen MR) is 152 cm³/mol. The lowest BCUT2D eigenvalue weighted by Gasteiger charge is -2.22. The molecule has 1 amide bonds. The van der Waals surface area contributed by atoms with E-state index < -0.39 is 20.0 Å². The zero-order valence-electron chi connectivity index (χ0n) is 20.7. The van der Waals surface area contributed by atoms with E-state index in [9.17, 15) is 21.6 Å². The number of hydrogen-bond acceptors (Lipinski definition) is 6. The number of hydrogen-bond donors (Lipinski definition) is 2. The summed E-state index contributed by atoms with van der Waals surface area (Å²) in [6, 6.07) is 16.3. The average molecular weight is 594 g/mol. The molecule has 202 valence electrons. The first kappa shape index (κ1) is 28.3. The van der Waals surface area contributed by atoms with Crippen molar-refractivity contribution in [2.24, 2.45) is 0 Å². The number of benzene rings is 3. The summed E-state index contributed by atoms with van der Waals surface area (Å²) >= 11 is 7.43. The number of carbonyl (C=O) groups is 1. The number of likely N-dealkylation sites (tertiary alicyclic amines) is 1. The van der Waals surface area contributed by atoms with Gasteiger partial charge in [-0.15, -0.1) is 11.8 Å². The van der Waals surface area contributed by atoms with E-state index in [0.717, 1.165) is 25.7 Å². The van der Waals surface area contributed by atoms with E-state index in [1.807, 2.05) is 6.26 Å². The minimum Gasteiger partial charge on any atom is -0.339 e. The Kier molecular flexibility index (Phi) is 8.92. The molecule has 1 fully saturated rings. The maximum Gasteiger partial charge on any atom is 0.261 e. The van der Waals surface area contributed by atoms with Crippen LogP contribution in [0.15, 0.2) is 81.4 Å². The standard InChI is InChI=1S/C26H28ClN3O5S3/c1-36-25-15-14-21(18-22(25)26(31)30-16-6-2-3-7-17-30)38(34,35)28-19-10-12-20(13-11-19)37(32,33)29-24-9-5-4-8-23(24)27/h4-5,8-15,18,28-29H,2-3,6-7,16-17H2,1H3. The molecule has 1 aliphatic heterocycles. The Morgan fingerprint density at radius 2 is 1.42 bits per heavy atom. The molecule has 0 unspecified atom stereocenters. The lowest BCUT2D eigenvalue weighted by atomic mass is 10.2. The van der Waals surface area contributed by atoms with E-state index in [2.05, 4.69) is 9.44 Å². The number of carbonyl (C=O) groups excluding carboxylic acids is 1. The monoisotopic (exact) mass is 593 g/mol. The highest BCUT2D eigenvalue weighted by Crippen LogP contribution is 2.28. The van der Waals surface area contributed by atoms with Crippen LogP contribution in [0.1, 0.15) is 36.0 Å². The second-order valence-electron chi connectivity index (χ2n) is 8.78. The van der Waals surface area contributed by atoms with E-state index >= 15 is 0 Å². The second kappa shape index (κ2) is 12.0. The maximum absolute atomic E-state index is 13.3. The van der Waals surface area contributed by atoms with E-state index in [-0.39, 0.29) is 32.1 Å². The first-order chi connectivity index (χ1) is 18.1. The van der Waals surface area contributed by atoms with Gasteiger partial charge in [-0.1, -0.05) is 36.6 Å². The number of para-hydroxylation sites is 1. The van der Waals surface area contributed by atoms with Crippen LogP contribution in [0.4, 0.5) is 11.4 Å². The summed E-state index contributed by atoms with van der Waals surface area (Å²) < 4.78 is 56.7. The highest BCUT2D eigenvalue weighted by atomic mass is 35.5. The predicted octanol–water partition coefficient (Wildman–Crippen LogP) is 5.68. The van der Waals surface area contributed by atoms with Gasteiger partial charge in [0, 0.05) is 23.7 Å². The Hall–Kier alpha value is -2.73. The van der Waals surface area contributed by atoms with Gasteiger partial charge in [-0.3, -0.25) is 14.2 Å². The Labute approximate surface area is 232 Å². The third kappa shape index (κ3) is 6.63. The molecule has 4 rings (SSSR count). The van der Waals surface area contributed by atoms with Gasteiger partial charge in [-0.25, -0.2) is 16.8 Å². The molecule has 0 aromatic heterocycles. The molecule has 1 saturated heterocycles. The molecule has 3 aromatic carbocycles. The van der Waals surface area contributed by atoms with E-state index in [1.54, 1.807) is 29.2 Å². The molecule has 0 atom stereocenters. The van der Waals surface area contributed by atoms with Gasteiger partial charge in [0.1, 0.15) is 0 Å². The van der Waals surface area contributed by atoms with Crippen molar-refractivity contribution in [3.63, 3.8) is 0 Å². The second-order valence-corrected chi connectivity index (χ2v) is 13.4. The molecule has 38 heavy (non-hydrogen) atoms. The van der Waals surface area contributed by atoms with Crippen LogP contribution >= 0.6 is 23.4 Å². The van der Waals surface area contributed by atoms with Gasteiger partial charge in [-0.05, 0) is 73.7 Å². The molecular weight excluding hydrogens is 566 g/mol. The van der Waals surface area contributed by atoms with Crippen LogP contribution in [0, 0.1) is 0 Å². The third-order valence-corrected chi connectivity index (χ3v) is 10.0. The Bertz CT molecular complexity index is 1520. The molecule has 8 nitrogen and oxygen atoms in total. The van der Waals surface area contributed by atoms with Crippen molar-refractivity contribution in [2.75, 3.05) is 28.8 Å². The molecule has 1 heterocycles. The van der Waals surface area contributed by atoms with Crippen molar-refractivity contribution in [3.05, 3.63) is 77.3 Å². The lowest BCUT2D eigenvalue weighted by molar-refractivity contribution is 0.0758. The minimum atomic E-state index is -4.05. The lowest BCUT2D eigenvalue weighted by Crippen LogP contribution is -2.32. The first-order valence-electron chi connectivity index (χ1n) is 12.0. The van der Waals surface area contributed by atoms with Crippen LogP contribution in [0.3, 0.4) is 0 Å². The topological polar surface area (TPSA) is 113 Å². The first-order valence-corrected chi connectivity index (χ1v) is 16.6. The van der Waals surface area contributed by atoms with Crippen molar-refractivity contribution in [1.29, 1.82) is 0 Å². The smallest absolute Gasteiger partial charge is 0.261 e. The zero-order valence-corrected chi connectivity index (χ0v) is 23.9. The number of nitrogens with zero attached hydrogens (tertiary/aromatic N) is 1. The summed E-state index contributed by atoms with van der Waals surface area (Å²) in [6.07, 6.45) is 5.86. The fraction of sp³-hybridized carbons (Fsp3) is 0.269. The molecule has 12 heteroatoms. The number of anilines is 2. The molecule has 0 aliphatic carbocycles. The molecule has 3 aromatic rings. The molecule has 2 N–H and O–H groups in total. The summed E-state index contributed by atoms with van der Waals surface area (Å²) in [4.78, 5) is 15.7. The molecule has 0 bridgehead atoms. The summed E-state index contributed by atoms with van der Waals surface area (Å²) in [5.74, 6) is -0.172. The highest BCUT2D eigenvalue weighted by Gasteiger charge is 2.24. The summed E-state index contributed by atoms with van der Waals surface area (Å²) in [5.41, 5.74) is 0.767. The van der Waals surface area contributed by atoms with Crippen LogP contribution in [0.2, 0.25) is 5.02 Å². The van der Waals surface area contributed by atoms with Gasteiger partial charge in [0.05, 0.1) is 26.1 Å². The number of nitrogens with one attached hydrogen (secondary N) is 2. The van der Waals surface area contributed by atoms with E-state index in [0.29, 0.717) is 23.5 Å². The van der Waals surface area contributed by atoms with Gasteiger partial charge in [-0.2, -0.15) is 0 Å². The van der Waals surface area contributed by atoms with Gasteiger partial charge >= 0.3 is 0 Å². The molecule has 0 radical (unpaired) electrons. The van der Waals surface area contributed by atoms with Gasteiger partial charge < -0.3 is 4.90 Å². The fourth-order valence-electron chi connectivity index (χ4n) is 4.13. The normalized spacial score (nSPS) is 14.5. The van der Waals surface area contributed by atoms with Crippen molar-refractivity contribution in [1.82, 2.24) is 4.90 Å². The highest BCUT2D eigenvalue weighted by molar-refractivity contribution is 7.98. The fourth-order valence-corrected chi connectivity index (χ4v) is 7.10. The summed E-state index contributed by atoms with van der Waals surface area (Å²) in [5, 5.41) is 0.252. The van der Waals surface area contributed by atoms with Crippen molar-refractivity contribution in [2.45, 2.75) is 40.4 Å². The van der Waals surface area contributed by atoms with E-state index in [1.165, 1.54) is 54.2 Å². The third-order valence-electron chi connectivity index (χ3n) is 6.14. The SMILES string of the molecule is CSc1ccc(S(=O)(=O)Nc2ccc(S(=O)(=O)Nc3ccccc3Cl)cc2)cc1C(=O)N1CCCCCC1. The van der Waals surface area contributed by atoms with E-state index in [4.69, 9.17) is 11.6 Å². The summed E-state index contributed by atoms with van der Waals surface area (Å²) in [7, 11) is -7.99. The molecular formula is C26H28ClN3O5S3. The van der Waals surface area contributed by atoms with Crippen LogP contribution in [-0.2, 0) is 20.0 Å². The Balaban J connectivity index is 1.54. The van der Waals surface area contributed by atoms with Crippen LogP contribution in [0.25, 0.3) is 0 Å². The number of thioether (sulfide) groups is 1. The molecule has 0 spiro atoms. The number of amides is 1. The molecule has 0 saturated carbocycles. The van der Waals surface area contributed by atoms with Gasteiger partial charge in [0.15, 0.2) is 0 Å². The Morgan fingerprint density at radius 3 is 2.05 bits per heavy atom. The van der Waals surface area contributed by atoms with Gasteiger partial charge in [0.25, 0.3) is 26.0 Å². The number of sulfonamides is 2. The van der Waals surface area contributed by atoms with Crippen molar-refractivity contribution >= 4 is 60.7 Å². The molecule has 1 aliphatic rings. The van der Waals surface area contributed by atoms with Crippen LogP contribution in [0.5, 0.6) is 0 Å². The quantitative estimate of drug-likeness (QED) is 0.325. The van der Waals surface area contributed by atoms with Crippen molar-refractivity contribution in [3.8, 4) is 0 Å². The number of halogens is 1. The van der Waals surface area contributed by atoms with Crippen LogP contribution < -0.4 is 9.44 Å². The van der Waals surface area contributed by atoms with Crippen molar-refractivity contribution < 1.29 is 21.6 Å². The zero-order chi connectivity index (χ0) is 27.3. The summed E-state index contributed by atoms with van der Waals surface area (Å²) in [6.45, 7) is 1.31. The average Bonchev–Trinajstić information content (AvgIpc) is 3.19. The van der Waals surface area contributed by atoms with Gasteiger partial charge in [0.2, 0.25) is 0 Å².